The summed E-state index contributed by atoms with van der Waals surface area (Å²) in [6.07, 6.45) is 7.17. The van der Waals surface area contributed by atoms with Crippen molar-refractivity contribution in [2.24, 2.45) is 0 Å². The van der Waals surface area contributed by atoms with Crippen molar-refractivity contribution in [2.75, 3.05) is 0 Å². The molecule has 0 aliphatic rings. The fraction of sp³-hybridized carbons (Fsp3) is 0. The third kappa shape index (κ3) is 4.06. The molecule has 11 aromatic rings. The van der Waals surface area contributed by atoms with Crippen molar-refractivity contribution in [1.82, 2.24) is 0 Å². The molecule has 3 nitrogen and oxygen atoms in total. The maximum Gasteiger partial charge on any atom is 0.136 e. The molecule has 8 aromatic carbocycles. The molecule has 0 unspecified atom stereocenters. The molecule has 0 saturated carbocycles. The lowest BCUT2D eigenvalue weighted by atomic mass is 9.85. The van der Waals surface area contributed by atoms with E-state index in [-0.39, 0.29) is 0 Å². The lowest BCUT2D eigenvalue weighted by Crippen LogP contribution is -1.90. The van der Waals surface area contributed by atoms with Gasteiger partial charge in [-0.05, 0) is 95.7 Å². The van der Waals surface area contributed by atoms with Crippen molar-refractivity contribution in [2.45, 2.75) is 0 Å². The molecule has 0 aliphatic heterocycles. The fourth-order valence-electron chi connectivity index (χ4n) is 8.48. The second-order valence-corrected chi connectivity index (χ2v) is 13.2. The van der Waals surface area contributed by atoms with E-state index in [0.717, 1.165) is 44.2 Å². The van der Waals surface area contributed by atoms with Gasteiger partial charge in [-0.1, -0.05) is 115 Å². The van der Waals surface area contributed by atoms with Crippen molar-refractivity contribution in [1.29, 1.82) is 0 Å². The third-order valence-electron chi connectivity index (χ3n) is 10.5. The van der Waals surface area contributed by atoms with E-state index in [1.54, 1.807) is 12.5 Å². The summed E-state index contributed by atoms with van der Waals surface area (Å²) in [5.74, 6) is 0. The summed E-state index contributed by atoms with van der Waals surface area (Å²) < 4.78 is 17.9. The fourth-order valence-corrected chi connectivity index (χ4v) is 8.48. The summed E-state index contributed by atoms with van der Waals surface area (Å²) in [7, 11) is 0. The van der Waals surface area contributed by atoms with Gasteiger partial charge in [0.1, 0.15) is 11.2 Å². The quantitative estimate of drug-likeness (QED) is 0.178. The average molecular weight is 653 g/mol. The molecule has 0 atom stereocenters. The number of benzene rings is 8. The Balaban J connectivity index is 1.19. The number of hydrogen-bond acceptors (Lipinski definition) is 3. The molecular weight excluding hydrogens is 625 g/mol. The normalized spacial score (nSPS) is 11.9. The van der Waals surface area contributed by atoms with Gasteiger partial charge >= 0.3 is 0 Å². The smallest absolute Gasteiger partial charge is 0.136 e. The second-order valence-electron chi connectivity index (χ2n) is 13.2. The molecule has 11 rings (SSSR count). The van der Waals surface area contributed by atoms with Gasteiger partial charge in [-0.2, -0.15) is 0 Å². The summed E-state index contributed by atoms with van der Waals surface area (Å²) >= 11 is 0. The second kappa shape index (κ2) is 10.8. The Morgan fingerprint density at radius 3 is 1.22 bits per heavy atom. The predicted molar refractivity (Wildman–Crippen MR) is 210 cm³/mol. The largest absolute Gasteiger partial charge is 0.472 e. The zero-order valence-corrected chi connectivity index (χ0v) is 27.4. The maximum atomic E-state index is 6.77. The first kappa shape index (κ1) is 28.0. The van der Waals surface area contributed by atoms with Gasteiger partial charge in [-0.15, -0.1) is 0 Å². The van der Waals surface area contributed by atoms with Crippen LogP contribution >= 0.6 is 0 Å². The van der Waals surface area contributed by atoms with E-state index in [9.17, 15) is 0 Å². The standard InChI is InChI=1S/C48H28O3/c1-3-12-34-32(10-1)44(33-11-2-4-13-35(33)45(34)30-22-24-49-27-30)29-20-21-40-43(26-29)51-42-19-9-18-41(48(40)42)47-38-16-7-5-14-36(38)46(31-23-25-50-28-31)37-15-6-8-17-39(37)47/h1-28H. The van der Waals surface area contributed by atoms with Gasteiger partial charge < -0.3 is 13.3 Å². The topological polar surface area (TPSA) is 39.4 Å². The molecule has 0 fully saturated rings. The summed E-state index contributed by atoms with van der Waals surface area (Å²) in [5.41, 5.74) is 10.9. The Labute approximate surface area is 292 Å². The van der Waals surface area contributed by atoms with Crippen molar-refractivity contribution in [3.8, 4) is 44.5 Å². The van der Waals surface area contributed by atoms with Crippen LogP contribution in [0.5, 0.6) is 0 Å². The molecule has 0 saturated heterocycles. The monoisotopic (exact) mass is 652 g/mol. The van der Waals surface area contributed by atoms with Gasteiger partial charge in [0.2, 0.25) is 0 Å². The highest BCUT2D eigenvalue weighted by Gasteiger charge is 2.22. The molecule has 238 valence electrons. The first-order valence-corrected chi connectivity index (χ1v) is 17.2. The van der Waals surface area contributed by atoms with E-state index in [1.807, 2.05) is 24.7 Å². The van der Waals surface area contributed by atoms with E-state index >= 15 is 0 Å². The van der Waals surface area contributed by atoms with E-state index in [2.05, 4.69) is 133 Å². The van der Waals surface area contributed by atoms with Crippen molar-refractivity contribution in [3.63, 3.8) is 0 Å². The van der Waals surface area contributed by atoms with Crippen LogP contribution in [0, 0.1) is 0 Å². The van der Waals surface area contributed by atoms with E-state index in [1.165, 1.54) is 65.3 Å². The van der Waals surface area contributed by atoms with Crippen LogP contribution in [0.15, 0.2) is 184 Å². The van der Waals surface area contributed by atoms with E-state index in [0.29, 0.717) is 0 Å². The molecule has 0 radical (unpaired) electrons. The van der Waals surface area contributed by atoms with Crippen LogP contribution in [0.2, 0.25) is 0 Å². The van der Waals surface area contributed by atoms with Gasteiger partial charge in [0.25, 0.3) is 0 Å². The first-order valence-electron chi connectivity index (χ1n) is 17.2. The van der Waals surface area contributed by atoms with Crippen LogP contribution in [-0.4, -0.2) is 0 Å². The lowest BCUT2D eigenvalue weighted by Gasteiger charge is -2.17. The van der Waals surface area contributed by atoms with Crippen LogP contribution in [0.4, 0.5) is 0 Å². The number of furan rings is 3. The number of fused-ring (bicyclic) bond motifs is 7. The van der Waals surface area contributed by atoms with Crippen molar-refractivity contribution >= 4 is 65.0 Å². The van der Waals surface area contributed by atoms with Gasteiger partial charge in [0, 0.05) is 33.0 Å². The minimum Gasteiger partial charge on any atom is -0.472 e. The van der Waals surface area contributed by atoms with Gasteiger partial charge in [-0.3, -0.25) is 0 Å². The maximum absolute atomic E-state index is 6.77. The minimum atomic E-state index is 0.866. The highest BCUT2D eigenvalue weighted by atomic mass is 16.3. The Hall–Kier alpha value is -6.84. The van der Waals surface area contributed by atoms with Crippen molar-refractivity contribution < 1.29 is 13.3 Å². The molecule has 0 aliphatic carbocycles. The zero-order valence-electron chi connectivity index (χ0n) is 27.4. The Kier molecular flexibility index (Phi) is 5.96. The van der Waals surface area contributed by atoms with Crippen LogP contribution in [-0.2, 0) is 0 Å². The van der Waals surface area contributed by atoms with E-state index < -0.39 is 0 Å². The molecule has 0 amide bonds. The lowest BCUT2D eigenvalue weighted by molar-refractivity contribution is 0.568. The minimum absolute atomic E-state index is 0.866. The predicted octanol–water partition coefficient (Wildman–Crippen LogP) is 14.1. The first-order chi connectivity index (χ1) is 25.3. The van der Waals surface area contributed by atoms with Crippen LogP contribution < -0.4 is 0 Å². The zero-order chi connectivity index (χ0) is 33.5. The van der Waals surface area contributed by atoms with Crippen LogP contribution in [0.1, 0.15) is 0 Å². The molecule has 3 aromatic heterocycles. The third-order valence-corrected chi connectivity index (χ3v) is 10.5. The summed E-state index contributed by atoms with van der Waals surface area (Å²) in [6.45, 7) is 0. The van der Waals surface area contributed by atoms with Crippen LogP contribution in [0.3, 0.4) is 0 Å². The molecule has 51 heavy (non-hydrogen) atoms. The van der Waals surface area contributed by atoms with Crippen LogP contribution in [0.25, 0.3) is 110 Å². The van der Waals surface area contributed by atoms with Gasteiger partial charge in [0.15, 0.2) is 0 Å². The van der Waals surface area contributed by atoms with E-state index in [4.69, 9.17) is 13.3 Å². The molecule has 0 N–H and O–H groups in total. The SMILES string of the molecule is c1cc(-c2c3ccccc3c(-c3ccoc3)c3ccccc23)c2c(c1)oc1cc(-c3c4ccccc4c(-c4ccoc4)c4ccccc34)ccc12. The van der Waals surface area contributed by atoms with Gasteiger partial charge in [-0.25, -0.2) is 0 Å². The number of hydrogen-bond donors (Lipinski definition) is 0. The Morgan fingerprint density at radius 2 is 0.765 bits per heavy atom. The average Bonchev–Trinajstić information content (AvgIpc) is 3.98. The van der Waals surface area contributed by atoms with Crippen molar-refractivity contribution in [3.05, 3.63) is 171 Å². The number of rotatable bonds is 4. The molecule has 0 spiro atoms. The summed E-state index contributed by atoms with van der Waals surface area (Å²) in [4.78, 5) is 0. The molecule has 0 bridgehead atoms. The van der Waals surface area contributed by atoms with Gasteiger partial charge in [0.05, 0.1) is 25.1 Å². The molecule has 3 heterocycles. The Morgan fingerprint density at radius 1 is 0.314 bits per heavy atom. The molecule has 3 heteroatoms. The summed E-state index contributed by atoms with van der Waals surface area (Å²) in [5, 5.41) is 11.8. The Bertz CT molecular complexity index is 3010. The summed E-state index contributed by atoms with van der Waals surface area (Å²) in [6, 6.07) is 52.1. The highest BCUT2D eigenvalue weighted by molar-refractivity contribution is 6.26. The highest BCUT2D eigenvalue weighted by Crippen LogP contribution is 2.48. The molecular formula is C48H28O3.